The highest BCUT2D eigenvalue weighted by Crippen LogP contribution is 2.36. The van der Waals surface area contributed by atoms with Crippen molar-refractivity contribution in [3.05, 3.63) is 76.6 Å². The van der Waals surface area contributed by atoms with Crippen LogP contribution in [0, 0.1) is 6.92 Å². The summed E-state index contributed by atoms with van der Waals surface area (Å²) in [5.41, 5.74) is 9.90. The molecule has 0 unspecified atom stereocenters. The first-order valence-corrected chi connectivity index (χ1v) is 16.0. The first kappa shape index (κ1) is 32.5. The van der Waals surface area contributed by atoms with Crippen molar-refractivity contribution in [1.29, 1.82) is 0 Å². The number of ether oxygens (including phenoxy) is 1. The normalized spacial score (nSPS) is 17.1. The molecule has 12 heteroatoms. The molecule has 3 N–H and O–H groups in total. The van der Waals surface area contributed by atoms with E-state index in [1.807, 2.05) is 96.4 Å². The summed E-state index contributed by atoms with van der Waals surface area (Å²) in [6.07, 6.45) is 0.153. The van der Waals surface area contributed by atoms with Gasteiger partial charge < -0.3 is 30.0 Å². The van der Waals surface area contributed by atoms with Gasteiger partial charge in [0.25, 0.3) is 0 Å². The molecule has 246 valence electrons. The quantitative estimate of drug-likeness (QED) is 0.281. The number of carbonyl (C=O) groups is 2. The van der Waals surface area contributed by atoms with Crippen molar-refractivity contribution in [3.63, 3.8) is 0 Å². The predicted octanol–water partition coefficient (Wildman–Crippen LogP) is 5.03. The van der Waals surface area contributed by atoms with Gasteiger partial charge in [-0.05, 0) is 84.6 Å². The van der Waals surface area contributed by atoms with Crippen LogP contribution in [0.15, 0.2) is 48.5 Å². The van der Waals surface area contributed by atoms with Crippen LogP contribution in [0.4, 0.5) is 10.6 Å². The summed E-state index contributed by atoms with van der Waals surface area (Å²) in [7, 11) is -0.476. The van der Waals surface area contributed by atoms with E-state index in [-0.39, 0.29) is 6.09 Å². The number of nitrogens with one attached hydrogen (secondary N) is 1. The van der Waals surface area contributed by atoms with Crippen LogP contribution in [-0.2, 0) is 33.6 Å². The minimum atomic E-state index is -0.613. The monoisotopic (exact) mass is 638 g/mol. The van der Waals surface area contributed by atoms with Gasteiger partial charge in [-0.2, -0.15) is 4.98 Å². The van der Waals surface area contributed by atoms with Crippen LogP contribution < -0.4 is 16.5 Å². The highest BCUT2D eigenvalue weighted by molar-refractivity contribution is 6.62. The van der Waals surface area contributed by atoms with E-state index in [9.17, 15) is 9.59 Å². The molecule has 1 saturated heterocycles. The minimum Gasteiger partial charge on any atom is -0.444 e. The number of aryl methyl sites for hydroxylation is 1. The molecule has 0 saturated carbocycles. The molecular formula is C35H43BN6O5. The molecule has 0 spiro atoms. The summed E-state index contributed by atoms with van der Waals surface area (Å²) in [6.45, 7) is 16.9. The molecule has 0 radical (unpaired) electrons. The summed E-state index contributed by atoms with van der Waals surface area (Å²) in [5, 5.41) is 4.29. The van der Waals surface area contributed by atoms with Gasteiger partial charge in [0.1, 0.15) is 11.4 Å². The Morgan fingerprint density at radius 1 is 1.04 bits per heavy atom. The lowest BCUT2D eigenvalue weighted by atomic mass is 9.78. The van der Waals surface area contributed by atoms with Gasteiger partial charge in [0, 0.05) is 41.7 Å². The summed E-state index contributed by atoms with van der Waals surface area (Å²) < 4.78 is 20.2. The van der Waals surface area contributed by atoms with Crippen LogP contribution >= 0.6 is 0 Å². The first-order valence-electron chi connectivity index (χ1n) is 16.0. The summed E-state index contributed by atoms with van der Waals surface area (Å²) in [5.74, 6) is 0.593. The van der Waals surface area contributed by atoms with Gasteiger partial charge in [0.15, 0.2) is 0 Å². The molecule has 0 atom stereocenters. The van der Waals surface area contributed by atoms with Gasteiger partial charge in [-0.3, -0.25) is 9.36 Å². The van der Waals surface area contributed by atoms with Crippen LogP contribution in [0.1, 0.15) is 81.3 Å². The van der Waals surface area contributed by atoms with Crippen LogP contribution in [0.3, 0.4) is 0 Å². The fourth-order valence-corrected chi connectivity index (χ4v) is 5.99. The zero-order valence-corrected chi connectivity index (χ0v) is 28.4. The number of amides is 2. The van der Waals surface area contributed by atoms with E-state index in [0.717, 1.165) is 38.9 Å². The topological polar surface area (TPSA) is 134 Å². The molecule has 47 heavy (non-hydrogen) atoms. The number of nitrogens with zero attached hydrogens (tertiary/aromatic N) is 4. The average molecular weight is 639 g/mol. The predicted molar refractivity (Wildman–Crippen MR) is 182 cm³/mol. The van der Waals surface area contributed by atoms with Crippen molar-refractivity contribution in [3.8, 4) is 5.95 Å². The van der Waals surface area contributed by atoms with Crippen molar-refractivity contribution in [2.24, 2.45) is 5.73 Å². The zero-order valence-electron chi connectivity index (χ0n) is 28.4. The maximum Gasteiger partial charge on any atom is 0.494 e. The summed E-state index contributed by atoms with van der Waals surface area (Å²) >= 11 is 0. The van der Waals surface area contributed by atoms with E-state index < -0.39 is 29.8 Å². The molecule has 1 fully saturated rings. The van der Waals surface area contributed by atoms with E-state index in [2.05, 4.69) is 11.4 Å². The van der Waals surface area contributed by atoms with E-state index in [4.69, 9.17) is 29.7 Å². The maximum absolute atomic E-state index is 13.1. The molecular weight excluding hydrogens is 595 g/mol. The number of anilines is 1. The number of nitrogens with two attached hydrogens (primary N) is 1. The van der Waals surface area contributed by atoms with Crippen molar-refractivity contribution in [1.82, 2.24) is 19.4 Å². The Morgan fingerprint density at radius 2 is 1.74 bits per heavy atom. The second-order valence-corrected chi connectivity index (χ2v) is 14.4. The lowest BCUT2D eigenvalue weighted by Gasteiger charge is -2.32. The molecule has 2 amide bonds. The number of carbonyl (C=O) groups excluding carboxylic acids is 2. The Morgan fingerprint density at radius 3 is 2.43 bits per heavy atom. The highest BCUT2D eigenvalue weighted by atomic mass is 16.7. The number of primary amides is 1. The molecule has 0 aliphatic carbocycles. The number of hydrogen-bond donors (Lipinski definition) is 2. The van der Waals surface area contributed by atoms with Crippen LogP contribution in [0.5, 0.6) is 0 Å². The second kappa shape index (κ2) is 11.7. The fourth-order valence-electron chi connectivity index (χ4n) is 5.99. The average Bonchev–Trinajstić information content (AvgIpc) is 3.44. The number of aromatic nitrogens is 3. The molecule has 2 aliphatic rings. The lowest BCUT2D eigenvalue weighted by molar-refractivity contribution is 0.00578. The Labute approximate surface area is 275 Å². The Balaban J connectivity index is 1.36. The van der Waals surface area contributed by atoms with Crippen LogP contribution in [0.25, 0.3) is 16.9 Å². The largest absolute Gasteiger partial charge is 0.494 e. The van der Waals surface area contributed by atoms with Crippen molar-refractivity contribution >= 4 is 41.3 Å². The van der Waals surface area contributed by atoms with Gasteiger partial charge in [-0.1, -0.05) is 30.3 Å². The minimum absolute atomic E-state index is 0.304. The van der Waals surface area contributed by atoms with E-state index in [1.165, 1.54) is 0 Å². The zero-order chi connectivity index (χ0) is 33.9. The van der Waals surface area contributed by atoms with E-state index in [0.29, 0.717) is 43.4 Å². The number of fused-ring (bicyclic) bond motifs is 2. The molecule has 6 rings (SSSR count). The van der Waals surface area contributed by atoms with Gasteiger partial charge in [-0.25, -0.2) is 9.78 Å². The van der Waals surface area contributed by atoms with Crippen LogP contribution in [0.2, 0.25) is 0 Å². The Bertz CT molecular complexity index is 1860. The van der Waals surface area contributed by atoms with Crippen molar-refractivity contribution in [2.45, 2.75) is 91.7 Å². The Hall–Kier alpha value is -4.42. The standard InChI is InChI=1S/C35H43BN6O5/c1-21-17-25-24(29(37)43)13-10-14-28(25)42(21)31-39-27-15-16-41(32(44)45-33(2,3)4)20-26(27)30(40-31)38-19-22-11-9-12-23(18-22)36-46-34(5,6)35(7,8)47-36/h9-14,17-18H,15-16,19-20H2,1-8H3,(H2,37,43)(H,38,39,40). The van der Waals surface area contributed by atoms with E-state index in [1.54, 1.807) is 11.0 Å². The third kappa shape index (κ3) is 6.31. The molecule has 4 heterocycles. The molecule has 2 aromatic heterocycles. The van der Waals surface area contributed by atoms with Gasteiger partial charge >= 0.3 is 13.2 Å². The molecule has 11 nitrogen and oxygen atoms in total. The van der Waals surface area contributed by atoms with Gasteiger partial charge in [-0.15, -0.1) is 0 Å². The van der Waals surface area contributed by atoms with Crippen molar-refractivity contribution < 1.29 is 23.6 Å². The molecule has 2 aromatic carbocycles. The highest BCUT2D eigenvalue weighted by Gasteiger charge is 2.51. The first-order chi connectivity index (χ1) is 22.0. The molecule has 4 aromatic rings. The SMILES string of the molecule is Cc1cc2c(C(N)=O)cccc2n1-c1nc2c(c(NCc3cccc(B4OC(C)(C)C(C)(C)O4)c3)n1)CN(C(=O)OC(C)(C)C)CC2. The maximum atomic E-state index is 13.1. The van der Waals surface area contributed by atoms with Gasteiger partial charge in [0.2, 0.25) is 11.9 Å². The van der Waals surface area contributed by atoms with E-state index >= 15 is 0 Å². The summed E-state index contributed by atoms with van der Waals surface area (Å²) in [4.78, 5) is 37.0. The third-order valence-electron chi connectivity index (χ3n) is 9.13. The van der Waals surface area contributed by atoms with Crippen molar-refractivity contribution in [2.75, 3.05) is 11.9 Å². The summed E-state index contributed by atoms with van der Waals surface area (Å²) in [6, 6.07) is 15.5. The fraction of sp³-hybridized carbons (Fsp3) is 0.429. The molecule has 2 aliphatic heterocycles. The number of rotatable bonds is 6. The van der Waals surface area contributed by atoms with Gasteiger partial charge in [0.05, 0.1) is 29.0 Å². The molecule has 0 bridgehead atoms. The van der Waals surface area contributed by atoms with Crippen LogP contribution in [-0.4, -0.2) is 61.9 Å². The number of benzene rings is 2. The second-order valence-electron chi connectivity index (χ2n) is 14.4. The number of hydrogen-bond acceptors (Lipinski definition) is 8. The Kier molecular flexibility index (Phi) is 8.08. The smallest absolute Gasteiger partial charge is 0.444 e. The third-order valence-corrected chi connectivity index (χ3v) is 9.13. The lowest BCUT2D eigenvalue weighted by Crippen LogP contribution is -2.41.